The highest BCUT2D eigenvalue weighted by Crippen LogP contribution is 2.45. The number of benzene rings is 5. The minimum atomic E-state index is -0.490. The summed E-state index contributed by atoms with van der Waals surface area (Å²) in [5.41, 5.74) is 8.19. The predicted octanol–water partition coefficient (Wildman–Crippen LogP) is 8.26. The van der Waals surface area contributed by atoms with Gasteiger partial charge in [-0.1, -0.05) is 115 Å². The highest BCUT2D eigenvalue weighted by Gasteiger charge is 2.38. The SMILES string of the molecule is Cc1nn(-c2ccccc2)c2nc3ccc(C(c4ccccc4)(c4ccccc4)c4ccccc4)cc3cc12. The Morgan fingerprint density at radius 1 is 0.538 bits per heavy atom. The summed E-state index contributed by atoms with van der Waals surface area (Å²) < 4.78 is 1.94. The quantitative estimate of drug-likeness (QED) is 0.222. The summed E-state index contributed by atoms with van der Waals surface area (Å²) in [5, 5.41) is 7.01. The molecule has 0 radical (unpaired) electrons. The van der Waals surface area contributed by atoms with Gasteiger partial charge in [0, 0.05) is 10.8 Å². The van der Waals surface area contributed by atoms with Gasteiger partial charge in [-0.05, 0) is 59.5 Å². The summed E-state index contributed by atoms with van der Waals surface area (Å²) in [5.74, 6) is 0. The van der Waals surface area contributed by atoms with Gasteiger partial charge in [0.05, 0.1) is 22.3 Å². The molecular formula is C36H27N3. The molecule has 2 aromatic heterocycles. The molecule has 186 valence electrons. The third-order valence-electron chi connectivity index (χ3n) is 7.69. The standard InChI is InChI=1S/C36H27N3/c1-26-33-25-27-24-31(22-23-34(27)37-35(33)39(38-26)32-20-12-5-13-21-32)36(28-14-6-2-7-15-28,29-16-8-3-9-17-29)30-18-10-4-11-19-30/h2-25H,1H3. The number of para-hydroxylation sites is 1. The van der Waals surface area contributed by atoms with Crippen molar-refractivity contribution in [2.75, 3.05) is 0 Å². The first kappa shape index (κ1) is 23.1. The van der Waals surface area contributed by atoms with E-state index in [1.165, 1.54) is 22.3 Å². The van der Waals surface area contributed by atoms with Crippen molar-refractivity contribution >= 4 is 21.9 Å². The summed E-state index contributed by atoms with van der Waals surface area (Å²) in [6, 6.07) is 51.6. The number of fused-ring (bicyclic) bond motifs is 2. The van der Waals surface area contributed by atoms with Crippen molar-refractivity contribution < 1.29 is 0 Å². The summed E-state index contributed by atoms with van der Waals surface area (Å²) in [7, 11) is 0. The molecule has 0 aliphatic heterocycles. The van der Waals surface area contributed by atoms with E-state index in [1.807, 2.05) is 22.9 Å². The van der Waals surface area contributed by atoms with Crippen LogP contribution in [0.4, 0.5) is 0 Å². The van der Waals surface area contributed by atoms with Crippen molar-refractivity contribution in [2.24, 2.45) is 0 Å². The van der Waals surface area contributed by atoms with E-state index >= 15 is 0 Å². The van der Waals surface area contributed by atoms with Crippen LogP contribution >= 0.6 is 0 Å². The molecule has 0 bridgehead atoms. The summed E-state index contributed by atoms with van der Waals surface area (Å²) in [6.45, 7) is 2.06. The van der Waals surface area contributed by atoms with Gasteiger partial charge < -0.3 is 0 Å². The van der Waals surface area contributed by atoms with Gasteiger partial charge in [0.25, 0.3) is 0 Å². The number of rotatable bonds is 5. The largest absolute Gasteiger partial charge is 0.228 e. The molecule has 0 amide bonds. The first-order valence-electron chi connectivity index (χ1n) is 13.3. The van der Waals surface area contributed by atoms with Crippen molar-refractivity contribution in [3.8, 4) is 5.69 Å². The molecular weight excluding hydrogens is 474 g/mol. The van der Waals surface area contributed by atoms with Crippen LogP contribution in [0.15, 0.2) is 146 Å². The molecule has 39 heavy (non-hydrogen) atoms. The first-order chi connectivity index (χ1) is 19.2. The third-order valence-corrected chi connectivity index (χ3v) is 7.69. The van der Waals surface area contributed by atoms with Gasteiger partial charge in [-0.2, -0.15) is 5.10 Å². The highest BCUT2D eigenvalue weighted by atomic mass is 15.3. The molecule has 0 spiro atoms. The normalized spacial score (nSPS) is 11.7. The zero-order chi connectivity index (χ0) is 26.2. The van der Waals surface area contributed by atoms with Gasteiger partial charge in [0.15, 0.2) is 5.65 Å². The Morgan fingerprint density at radius 3 is 1.59 bits per heavy atom. The zero-order valence-electron chi connectivity index (χ0n) is 21.7. The van der Waals surface area contributed by atoms with Crippen molar-refractivity contribution in [1.29, 1.82) is 0 Å². The van der Waals surface area contributed by atoms with Crippen LogP contribution < -0.4 is 0 Å². The van der Waals surface area contributed by atoms with Crippen LogP contribution in [0.3, 0.4) is 0 Å². The van der Waals surface area contributed by atoms with E-state index in [0.29, 0.717) is 0 Å². The summed E-state index contributed by atoms with van der Waals surface area (Å²) in [6.07, 6.45) is 0. The average molecular weight is 502 g/mol. The van der Waals surface area contributed by atoms with E-state index in [9.17, 15) is 0 Å². The Morgan fingerprint density at radius 2 is 1.05 bits per heavy atom. The second-order valence-corrected chi connectivity index (χ2v) is 9.95. The first-order valence-corrected chi connectivity index (χ1v) is 13.3. The Bertz CT molecular complexity index is 1800. The van der Waals surface area contributed by atoms with E-state index in [0.717, 1.165) is 33.3 Å². The molecule has 0 aliphatic rings. The molecule has 0 saturated carbocycles. The van der Waals surface area contributed by atoms with Gasteiger partial charge in [0.2, 0.25) is 0 Å². The Balaban J connectivity index is 1.52. The Labute approximate surface area is 228 Å². The zero-order valence-corrected chi connectivity index (χ0v) is 21.7. The van der Waals surface area contributed by atoms with Crippen LogP contribution in [-0.4, -0.2) is 14.8 Å². The van der Waals surface area contributed by atoms with E-state index in [-0.39, 0.29) is 0 Å². The molecule has 2 heterocycles. The fourth-order valence-electron chi connectivity index (χ4n) is 5.89. The van der Waals surface area contributed by atoms with Crippen LogP contribution in [0.25, 0.3) is 27.6 Å². The second-order valence-electron chi connectivity index (χ2n) is 9.95. The third kappa shape index (κ3) is 3.74. The van der Waals surface area contributed by atoms with E-state index in [2.05, 4.69) is 134 Å². The monoisotopic (exact) mass is 501 g/mol. The second kappa shape index (κ2) is 9.38. The summed E-state index contributed by atoms with van der Waals surface area (Å²) >= 11 is 0. The van der Waals surface area contributed by atoms with Crippen molar-refractivity contribution in [3.05, 3.63) is 174 Å². The Hall–Kier alpha value is -5.02. The maximum atomic E-state index is 5.12. The van der Waals surface area contributed by atoms with Gasteiger partial charge in [-0.25, -0.2) is 9.67 Å². The Kier molecular flexibility index (Phi) is 5.56. The van der Waals surface area contributed by atoms with E-state index in [1.54, 1.807) is 0 Å². The van der Waals surface area contributed by atoms with Gasteiger partial charge in [-0.3, -0.25) is 0 Å². The maximum Gasteiger partial charge on any atom is 0.163 e. The fourth-order valence-corrected chi connectivity index (χ4v) is 5.89. The van der Waals surface area contributed by atoms with Crippen LogP contribution in [-0.2, 0) is 5.41 Å². The maximum absolute atomic E-state index is 5.12. The number of nitrogens with zero attached hydrogens (tertiary/aromatic N) is 3. The molecule has 3 heteroatoms. The number of hydrogen-bond acceptors (Lipinski definition) is 2. The lowest BCUT2D eigenvalue weighted by Crippen LogP contribution is -2.30. The van der Waals surface area contributed by atoms with Crippen molar-refractivity contribution in [1.82, 2.24) is 14.8 Å². The lowest BCUT2D eigenvalue weighted by atomic mass is 9.65. The molecule has 5 aromatic carbocycles. The molecule has 3 nitrogen and oxygen atoms in total. The van der Waals surface area contributed by atoms with Crippen LogP contribution in [0.5, 0.6) is 0 Å². The van der Waals surface area contributed by atoms with Gasteiger partial charge in [-0.15, -0.1) is 0 Å². The van der Waals surface area contributed by atoms with Crippen LogP contribution in [0.2, 0.25) is 0 Å². The van der Waals surface area contributed by atoms with Gasteiger partial charge in [0.1, 0.15) is 0 Å². The van der Waals surface area contributed by atoms with Crippen LogP contribution in [0.1, 0.15) is 27.9 Å². The molecule has 7 rings (SSSR count). The highest BCUT2D eigenvalue weighted by molar-refractivity contribution is 5.94. The lowest BCUT2D eigenvalue weighted by Gasteiger charge is -2.37. The molecule has 0 N–H and O–H groups in total. The van der Waals surface area contributed by atoms with E-state index in [4.69, 9.17) is 10.1 Å². The minimum Gasteiger partial charge on any atom is -0.228 e. The van der Waals surface area contributed by atoms with E-state index < -0.39 is 5.41 Å². The summed E-state index contributed by atoms with van der Waals surface area (Å²) in [4.78, 5) is 5.12. The topological polar surface area (TPSA) is 30.7 Å². The molecule has 0 atom stereocenters. The molecule has 7 aromatic rings. The van der Waals surface area contributed by atoms with Gasteiger partial charge >= 0.3 is 0 Å². The lowest BCUT2D eigenvalue weighted by molar-refractivity contribution is 0.746. The number of hydrogen-bond donors (Lipinski definition) is 0. The molecule has 0 saturated heterocycles. The van der Waals surface area contributed by atoms with Crippen molar-refractivity contribution in [2.45, 2.75) is 12.3 Å². The predicted molar refractivity (Wildman–Crippen MR) is 159 cm³/mol. The fraction of sp³-hybridized carbons (Fsp3) is 0.0556. The molecule has 0 unspecified atom stereocenters. The van der Waals surface area contributed by atoms with Crippen molar-refractivity contribution in [3.63, 3.8) is 0 Å². The average Bonchev–Trinajstić information content (AvgIpc) is 3.33. The number of pyridine rings is 1. The molecule has 0 fully saturated rings. The number of aryl methyl sites for hydroxylation is 1. The minimum absolute atomic E-state index is 0.490. The number of aromatic nitrogens is 3. The molecule has 0 aliphatic carbocycles. The van der Waals surface area contributed by atoms with Crippen LogP contribution in [0, 0.1) is 6.92 Å². The smallest absolute Gasteiger partial charge is 0.163 e.